The normalized spacial score (nSPS) is 29.8. The maximum Gasteiger partial charge on any atom is 0.484 e. The van der Waals surface area contributed by atoms with Crippen molar-refractivity contribution < 1.29 is 10.0 Å². The second-order valence-electron chi connectivity index (χ2n) is 3.30. The molecule has 2 unspecified atom stereocenters. The van der Waals surface area contributed by atoms with E-state index < -0.39 is 7.12 Å². The van der Waals surface area contributed by atoms with Crippen molar-refractivity contribution in [2.75, 3.05) is 0 Å². The van der Waals surface area contributed by atoms with E-state index in [4.69, 9.17) is 10.0 Å². The van der Waals surface area contributed by atoms with Crippen molar-refractivity contribution in [2.24, 2.45) is 11.8 Å². The van der Waals surface area contributed by atoms with Gasteiger partial charge in [-0.25, -0.2) is 0 Å². The van der Waals surface area contributed by atoms with Crippen LogP contribution in [-0.2, 0) is 0 Å². The molecule has 2 nitrogen and oxygen atoms in total. The Labute approximate surface area is 77.7 Å². The van der Waals surface area contributed by atoms with E-state index in [1.807, 2.05) is 24.3 Å². The second kappa shape index (κ2) is 3.36. The van der Waals surface area contributed by atoms with Crippen molar-refractivity contribution in [3.05, 3.63) is 48.0 Å². The minimum Gasteiger partial charge on any atom is -0.423 e. The molecule has 2 N–H and O–H groups in total. The van der Waals surface area contributed by atoms with Crippen LogP contribution in [0.25, 0.3) is 0 Å². The molecule has 0 saturated heterocycles. The van der Waals surface area contributed by atoms with Gasteiger partial charge in [-0.1, -0.05) is 42.5 Å². The molecule has 0 bridgehead atoms. The summed E-state index contributed by atoms with van der Waals surface area (Å²) in [7, 11) is -1.34. The van der Waals surface area contributed by atoms with Gasteiger partial charge in [-0.15, -0.1) is 0 Å². The molecule has 0 aromatic carbocycles. The summed E-state index contributed by atoms with van der Waals surface area (Å²) in [5.74, 6) is 0.404. The standard InChI is InChI=1S/C10H11BO2/c12-11(13)10-7-3-5-8-4-1-2-6-9(8)10/h1-9,12-13H. The minimum absolute atomic E-state index is 0.120. The highest BCUT2D eigenvalue weighted by molar-refractivity contribution is 6.51. The van der Waals surface area contributed by atoms with Crippen molar-refractivity contribution in [3.63, 3.8) is 0 Å². The molecule has 2 aliphatic rings. The largest absolute Gasteiger partial charge is 0.484 e. The van der Waals surface area contributed by atoms with Gasteiger partial charge in [0.2, 0.25) is 0 Å². The molecule has 2 rings (SSSR count). The molecular weight excluding hydrogens is 163 g/mol. The summed E-state index contributed by atoms with van der Waals surface area (Å²) in [4.78, 5) is 0. The van der Waals surface area contributed by atoms with Crippen molar-refractivity contribution >= 4 is 7.12 Å². The summed E-state index contributed by atoms with van der Waals surface area (Å²) in [6.45, 7) is 0. The predicted molar refractivity (Wildman–Crippen MR) is 52.7 cm³/mol. The van der Waals surface area contributed by atoms with E-state index in [1.54, 1.807) is 6.08 Å². The lowest BCUT2D eigenvalue weighted by molar-refractivity contribution is 0.408. The van der Waals surface area contributed by atoms with Crippen LogP contribution in [0.15, 0.2) is 48.0 Å². The predicted octanol–water partition coefficient (Wildman–Crippen LogP) is 0.853. The highest BCUT2D eigenvalue weighted by Gasteiger charge is 2.28. The highest BCUT2D eigenvalue weighted by atomic mass is 16.4. The molecule has 3 heteroatoms. The fraction of sp³-hybridized carbons (Fsp3) is 0.200. The molecular formula is C10H11BO2. The third-order valence-electron chi connectivity index (χ3n) is 2.48. The van der Waals surface area contributed by atoms with Crippen LogP contribution in [0.5, 0.6) is 0 Å². The quantitative estimate of drug-likeness (QED) is 0.578. The van der Waals surface area contributed by atoms with Crippen molar-refractivity contribution in [1.82, 2.24) is 0 Å². The SMILES string of the molecule is OB(O)C1=CC=CC2C=CC=CC12. The van der Waals surface area contributed by atoms with E-state index in [0.29, 0.717) is 5.47 Å². The van der Waals surface area contributed by atoms with Crippen LogP contribution in [0.4, 0.5) is 0 Å². The Kier molecular flexibility index (Phi) is 2.21. The number of hydrogen-bond acceptors (Lipinski definition) is 2. The van der Waals surface area contributed by atoms with E-state index >= 15 is 0 Å². The average molecular weight is 174 g/mol. The first-order valence-electron chi connectivity index (χ1n) is 4.38. The molecule has 0 heterocycles. The Hall–Kier alpha value is -1.06. The Balaban J connectivity index is 2.29. The van der Waals surface area contributed by atoms with Crippen LogP contribution in [-0.4, -0.2) is 17.2 Å². The molecule has 0 amide bonds. The van der Waals surface area contributed by atoms with Gasteiger partial charge >= 0.3 is 7.12 Å². The molecule has 2 aliphatic carbocycles. The zero-order valence-electron chi connectivity index (χ0n) is 7.17. The van der Waals surface area contributed by atoms with Gasteiger partial charge < -0.3 is 10.0 Å². The number of rotatable bonds is 1. The lowest BCUT2D eigenvalue weighted by atomic mass is 9.64. The van der Waals surface area contributed by atoms with E-state index in [2.05, 4.69) is 12.2 Å². The molecule has 13 heavy (non-hydrogen) atoms. The first-order valence-corrected chi connectivity index (χ1v) is 4.38. The molecule has 0 aliphatic heterocycles. The maximum atomic E-state index is 9.11. The van der Waals surface area contributed by atoms with Gasteiger partial charge in [0.25, 0.3) is 0 Å². The molecule has 66 valence electrons. The van der Waals surface area contributed by atoms with Crippen LogP contribution in [0.2, 0.25) is 0 Å². The van der Waals surface area contributed by atoms with Crippen molar-refractivity contribution in [2.45, 2.75) is 0 Å². The Bertz CT molecular complexity index is 313. The van der Waals surface area contributed by atoms with Gasteiger partial charge in [0.05, 0.1) is 0 Å². The number of hydrogen-bond donors (Lipinski definition) is 2. The van der Waals surface area contributed by atoms with Crippen LogP contribution < -0.4 is 0 Å². The lowest BCUT2D eigenvalue weighted by Gasteiger charge is -2.26. The third-order valence-corrected chi connectivity index (χ3v) is 2.48. The zero-order valence-corrected chi connectivity index (χ0v) is 7.17. The highest BCUT2D eigenvalue weighted by Crippen LogP contribution is 2.31. The molecule has 0 radical (unpaired) electrons. The zero-order chi connectivity index (χ0) is 9.26. The summed E-state index contributed by atoms with van der Waals surface area (Å²) in [5, 5.41) is 18.2. The van der Waals surface area contributed by atoms with Gasteiger partial charge in [0.1, 0.15) is 0 Å². The first kappa shape index (κ1) is 8.54. The molecule has 0 aromatic rings. The maximum absolute atomic E-state index is 9.11. The summed E-state index contributed by atoms with van der Waals surface area (Å²) in [6, 6.07) is 0. The van der Waals surface area contributed by atoms with Gasteiger partial charge in [-0.05, 0) is 5.47 Å². The van der Waals surface area contributed by atoms with Gasteiger partial charge in [-0.3, -0.25) is 0 Å². The molecule has 0 aromatic heterocycles. The van der Waals surface area contributed by atoms with E-state index in [9.17, 15) is 0 Å². The lowest BCUT2D eigenvalue weighted by Crippen LogP contribution is -2.27. The fourth-order valence-corrected chi connectivity index (χ4v) is 1.81. The van der Waals surface area contributed by atoms with Crippen LogP contribution in [0, 0.1) is 11.8 Å². The smallest absolute Gasteiger partial charge is 0.423 e. The average Bonchev–Trinajstić information content (AvgIpc) is 2.17. The fourth-order valence-electron chi connectivity index (χ4n) is 1.81. The third kappa shape index (κ3) is 1.53. The van der Waals surface area contributed by atoms with Crippen molar-refractivity contribution in [1.29, 1.82) is 0 Å². The molecule has 2 atom stereocenters. The second-order valence-corrected chi connectivity index (χ2v) is 3.30. The van der Waals surface area contributed by atoms with Gasteiger partial charge in [0, 0.05) is 11.8 Å². The van der Waals surface area contributed by atoms with Crippen LogP contribution in [0.3, 0.4) is 0 Å². The molecule has 0 spiro atoms. The number of allylic oxidation sites excluding steroid dienone is 8. The minimum atomic E-state index is -1.34. The molecule has 0 fully saturated rings. The summed E-state index contributed by atoms with van der Waals surface area (Å²) in [5.41, 5.74) is 0.674. The number of fused-ring (bicyclic) bond motifs is 1. The van der Waals surface area contributed by atoms with Crippen LogP contribution in [0.1, 0.15) is 0 Å². The summed E-state index contributed by atoms with van der Waals surface area (Å²) >= 11 is 0. The van der Waals surface area contributed by atoms with Crippen LogP contribution >= 0.6 is 0 Å². The van der Waals surface area contributed by atoms with Crippen molar-refractivity contribution in [3.8, 4) is 0 Å². The van der Waals surface area contributed by atoms with E-state index in [0.717, 1.165) is 0 Å². The molecule has 0 saturated carbocycles. The van der Waals surface area contributed by atoms with E-state index in [1.165, 1.54) is 0 Å². The first-order chi connectivity index (χ1) is 6.29. The summed E-state index contributed by atoms with van der Waals surface area (Å²) in [6.07, 6.45) is 13.7. The Morgan fingerprint density at radius 3 is 2.46 bits per heavy atom. The van der Waals surface area contributed by atoms with E-state index in [-0.39, 0.29) is 11.8 Å². The van der Waals surface area contributed by atoms with Gasteiger partial charge in [0.15, 0.2) is 0 Å². The summed E-state index contributed by atoms with van der Waals surface area (Å²) < 4.78 is 0. The monoisotopic (exact) mass is 174 g/mol. The van der Waals surface area contributed by atoms with Gasteiger partial charge in [-0.2, -0.15) is 0 Å². The Morgan fingerprint density at radius 1 is 1.00 bits per heavy atom. The Morgan fingerprint density at radius 2 is 1.69 bits per heavy atom. The topological polar surface area (TPSA) is 40.5 Å².